The number of carbonyl (C=O) groups excluding carboxylic acids is 4. The minimum atomic E-state index is -1.20. The number of piperidine rings is 1. The van der Waals surface area contributed by atoms with E-state index in [1.807, 2.05) is 12.1 Å². The Morgan fingerprint density at radius 1 is 1.04 bits per heavy atom. The monoisotopic (exact) mass is 314 g/mol. The molecule has 0 unspecified atom stereocenters. The van der Waals surface area contributed by atoms with Crippen LogP contribution in [0.2, 0.25) is 0 Å². The number of imide groups is 2. The van der Waals surface area contributed by atoms with E-state index in [-0.39, 0.29) is 31.1 Å². The zero-order valence-electron chi connectivity index (χ0n) is 12.4. The van der Waals surface area contributed by atoms with Gasteiger partial charge in [-0.3, -0.25) is 29.4 Å². The Morgan fingerprint density at radius 3 is 2.09 bits per heavy atom. The highest BCUT2D eigenvalue weighted by Crippen LogP contribution is 2.55. The standard InChI is InChI=1S/C15H14N4O4/c1-19-13(22)7-2-3-15(4-8(7)14(19)23)9(5-16)11(20)18-12(21)10(15)6-17/h7-10H,2-4H2,1H3,(H,18,20,21)/t7-,8+,9-,10-/m1/s1. The number of likely N-dealkylation sites (tertiary alicyclic amines) is 1. The molecule has 0 aromatic carbocycles. The van der Waals surface area contributed by atoms with Gasteiger partial charge in [-0.2, -0.15) is 10.5 Å². The molecule has 2 saturated heterocycles. The molecule has 3 aliphatic rings. The highest BCUT2D eigenvalue weighted by atomic mass is 16.2. The van der Waals surface area contributed by atoms with Crippen molar-refractivity contribution in [3.8, 4) is 12.1 Å². The van der Waals surface area contributed by atoms with Gasteiger partial charge < -0.3 is 0 Å². The highest BCUT2D eigenvalue weighted by Gasteiger charge is 2.62. The second-order valence-corrected chi connectivity index (χ2v) is 6.40. The molecule has 23 heavy (non-hydrogen) atoms. The molecule has 1 aliphatic carbocycles. The summed E-state index contributed by atoms with van der Waals surface area (Å²) in [5.74, 6) is -5.63. The molecule has 1 N–H and O–H groups in total. The zero-order chi connectivity index (χ0) is 16.9. The van der Waals surface area contributed by atoms with Gasteiger partial charge in [0.15, 0.2) is 0 Å². The van der Waals surface area contributed by atoms with Crippen molar-refractivity contribution in [2.24, 2.45) is 29.1 Å². The van der Waals surface area contributed by atoms with Crippen LogP contribution in [0.1, 0.15) is 19.3 Å². The molecule has 0 aromatic heterocycles. The molecule has 3 fully saturated rings. The lowest BCUT2D eigenvalue weighted by atomic mass is 9.54. The third-order valence-corrected chi connectivity index (χ3v) is 5.48. The Morgan fingerprint density at radius 2 is 1.57 bits per heavy atom. The molecule has 8 heteroatoms. The predicted molar refractivity (Wildman–Crippen MR) is 72.4 cm³/mol. The lowest BCUT2D eigenvalue weighted by molar-refractivity contribution is -0.150. The number of amides is 4. The van der Waals surface area contributed by atoms with Crippen LogP contribution < -0.4 is 5.32 Å². The summed E-state index contributed by atoms with van der Waals surface area (Å²) in [7, 11) is 1.40. The van der Waals surface area contributed by atoms with E-state index in [1.165, 1.54) is 7.05 Å². The van der Waals surface area contributed by atoms with Crippen LogP contribution in [0.4, 0.5) is 0 Å². The Hall–Kier alpha value is -2.74. The summed E-state index contributed by atoms with van der Waals surface area (Å²) in [5, 5.41) is 20.8. The normalized spacial score (nSPS) is 35.5. The molecule has 4 amide bonds. The van der Waals surface area contributed by atoms with Gasteiger partial charge in [0.05, 0.1) is 24.0 Å². The minimum absolute atomic E-state index is 0.0300. The summed E-state index contributed by atoms with van der Waals surface area (Å²) < 4.78 is 0. The lowest BCUT2D eigenvalue weighted by Gasteiger charge is -2.47. The first-order valence-corrected chi connectivity index (χ1v) is 7.32. The van der Waals surface area contributed by atoms with Gasteiger partial charge in [0.2, 0.25) is 23.6 Å². The predicted octanol–water partition coefficient (Wildman–Crippen LogP) is -0.676. The quantitative estimate of drug-likeness (QED) is 0.589. The number of nitriles is 2. The molecule has 0 radical (unpaired) electrons. The van der Waals surface area contributed by atoms with Crippen LogP contribution >= 0.6 is 0 Å². The molecule has 118 valence electrons. The Kier molecular flexibility index (Phi) is 3.22. The fourth-order valence-corrected chi connectivity index (χ4v) is 4.29. The SMILES string of the molecule is CN1C(=O)[C@H]2CC3(CC[C@H]2C1=O)[C@H](C#N)C(=O)NC(=O)[C@H]3C#N. The Balaban J connectivity index is 2.06. The highest BCUT2D eigenvalue weighted by molar-refractivity contribution is 6.06. The van der Waals surface area contributed by atoms with Crippen LogP contribution in [-0.4, -0.2) is 35.6 Å². The first kappa shape index (κ1) is 15.2. The molecule has 1 saturated carbocycles. The van der Waals surface area contributed by atoms with Gasteiger partial charge in [-0.05, 0) is 19.3 Å². The first-order valence-electron chi connectivity index (χ1n) is 7.32. The second-order valence-electron chi connectivity index (χ2n) is 6.40. The van der Waals surface area contributed by atoms with E-state index in [9.17, 15) is 29.7 Å². The molecular formula is C15H14N4O4. The summed E-state index contributed by atoms with van der Waals surface area (Å²) in [4.78, 5) is 49.5. The van der Waals surface area contributed by atoms with Crippen molar-refractivity contribution in [2.75, 3.05) is 7.05 Å². The fourth-order valence-electron chi connectivity index (χ4n) is 4.29. The van der Waals surface area contributed by atoms with Gasteiger partial charge in [-0.15, -0.1) is 0 Å². The topological polar surface area (TPSA) is 131 Å². The van der Waals surface area contributed by atoms with Crippen LogP contribution in [0.25, 0.3) is 0 Å². The molecule has 0 bridgehead atoms. The van der Waals surface area contributed by atoms with E-state index in [0.29, 0.717) is 0 Å². The van der Waals surface area contributed by atoms with Gasteiger partial charge in [-0.1, -0.05) is 0 Å². The molecule has 2 aliphatic heterocycles. The first-order chi connectivity index (χ1) is 10.9. The van der Waals surface area contributed by atoms with Crippen LogP contribution in [0.15, 0.2) is 0 Å². The van der Waals surface area contributed by atoms with Gasteiger partial charge in [0.25, 0.3) is 0 Å². The molecule has 3 rings (SSSR count). The molecule has 4 atom stereocenters. The summed E-state index contributed by atoms with van der Waals surface area (Å²) in [6, 6.07) is 3.78. The van der Waals surface area contributed by atoms with Gasteiger partial charge in [-0.25, -0.2) is 0 Å². The van der Waals surface area contributed by atoms with Gasteiger partial charge in [0, 0.05) is 12.5 Å². The average molecular weight is 314 g/mol. The van der Waals surface area contributed by atoms with Crippen molar-refractivity contribution >= 4 is 23.6 Å². The maximum atomic E-state index is 12.3. The van der Waals surface area contributed by atoms with Crippen molar-refractivity contribution in [3.05, 3.63) is 0 Å². The van der Waals surface area contributed by atoms with E-state index in [4.69, 9.17) is 0 Å². The summed E-state index contributed by atoms with van der Waals surface area (Å²) in [6.45, 7) is 0. The maximum absolute atomic E-state index is 12.3. The van der Waals surface area contributed by atoms with E-state index in [0.717, 1.165) is 4.90 Å². The van der Waals surface area contributed by atoms with E-state index < -0.39 is 40.9 Å². The maximum Gasteiger partial charge on any atom is 0.244 e. The number of rotatable bonds is 0. The zero-order valence-corrected chi connectivity index (χ0v) is 12.4. The number of fused-ring (bicyclic) bond motifs is 1. The molecule has 1 spiro atoms. The van der Waals surface area contributed by atoms with Gasteiger partial charge in [0.1, 0.15) is 11.8 Å². The van der Waals surface area contributed by atoms with Crippen molar-refractivity contribution in [2.45, 2.75) is 19.3 Å². The summed E-state index contributed by atoms with van der Waals surface area (Å²) in [5.41, 5.74) is -1.20. The van der Waals surface area contributed by atoms with Crippen molar-refractivity contribution in [3.63, 3.8) is 0 Å². The average Bonchev–Trinajstić information content (AvgIpc) is 2.72. The molecular weight excluding hydrogens is 300 g/mol. The molecule has 8 nitrogen and oxygen atoms in total. The van der Waals surface area contributed by atoms with E-state index in [2.05, 4.69) is 5.32 Å². The number of nitrogens with one attached hydrogen (secondary N) is 1. The Bertz CT molecular complexity index is 684. The Labute approximate surface area is 132 Å². The molecule has 2 heterocycles. The third-order valence-electron chi connectivity index (χ3n) is 5.48. The van der Waals surface area contributed by atoms with Crippen LogP contribution in [0, 0.1) is 51.7 Å². The van der Waals surface area contributed by atoms with Crippen molar-refractivity contribution < 1.29 is 19.2 Å². The van der Waals surface area contributed by atoms with Crippen molar-refractivity contribution in [1.82, 2.24) is 10.2 Å². The lowest BCUT2D eigenvalue weighted by Crippen LogP contribution is -2.59. The minimum Gasteiger partial charge on any atom is -0.294 e. The number of hydrogen-bond acceptors (Lipinski definition) is 6. The smallest absolute Gasteiger partial charge is 0.244 e. The van der Waals surface area contributed by atoms with Crippen LogP contribution in [0.5, 0.6) is 0 Å². The van der Waals surface area contributed by atoms with Crippen LogP contribution in [-0.2, 0) is 19.2 Å². The van der Waals surface area contributed by atoms with Crippen LogP contribution in [0.3, 0.4) is 0 Å². The van der Waals surface area contributed by atoms with E-state index in [1.54, 1.807) is 0 Å². The van der Waals surface area contributed by atoms with E-state index >= 15 is 0 Å². The number of carbonyl (C=O) groups is 4. The number of hydrogen-bond donors (Lipinski definition) is 1. The molecule has 0 aromatic rings. The summed E-state index contributed by atoms with van der Waals surface area (Å²) >= 11 is 0. The van der Waals surface area contributed by atoms with Crippen molar-refractivity contribution in [1.29, 1.82) is 10.5 Å². The summed E-state index contributed by atoms with van der Waals surface area (Å²) in [6.07, 6.45) is 0.537. The van der Waals surface area contributed by atoms with Gasteiger partial charge >= 0.3 is 0 Å². The largest absolute Gasteiger partial charge is 0.294 e. The third kappa shape index (κ3) is 1.81. The number of nitrogens with zero attached hydrogens (tertiary/aromatic N) is 3. The second kappa shape index (κ2) is 4.88. The fraction of sp³-hybridized carbons (Fsp3) is 0.600.